The summed E-state index contributed by atoms with van der Waals surface area (Å²) in [5, 5.41) is 9.36. The molecule has 0 N–H and O–H groups in total. The third-order valence-electron chi connectivity index (χ3n) is 4.41. The second kappa shape index (κ2) is 7.64. The fraction of sp³-hybridized carbons (Fsp3) is 0. The van der Waals surface area contributed by atoms with E-state index >= 15 is 0 Å². The minimum Gasteiger partial charge on any atom is -0.268 e. The molecule has 0 saturated heterocycles. The molecular formula is C24H14N4O. The van der Waals surface area contributed by atoms with Gasteiger partial charge in [0.25, 0.3) is 5.56 Å². The lowest BCUT2D eigenvalue weighted by molar-refractivity contribution is 0.937. The van der Waals surface area contributed by atoms with Gasteiger partial charge in [0.1, 0.15) is 5.82 Å². The maximum absolute atomic E-state index is 13.2. The second-order valence-corrected chi connectivity index (χ2v) is 6.25. The van der Waals surface area contributed by atoms with Crippen molar-refractivity contribution in [3.63, 3.8) is 0 Å². The molecule has 0 saturated carbocycles. The van der Waals surface area contributed by atoms with E-state index in [1.54, 1.807) is 54.7 Å². The van der Waals surface area contributed by atoms with Crippen LogP contribution in [-0.4, -0.2) is 14.5 Å². The Hall–Kier alpha value is -4.48. The summed E-state index contributed by atoms with van der Waals surface area (Å²) in [6, 6.07) is 19.8. The van der Waals surface area contributed by atoms with Crippen molar-refractivity contribution in [3.8, 4) is 24.1 Å². The van der Waals surface area contributed by atoms with E-state index in [4.69, 9.17) is 11.7 Å². The van der Waals surface area contributed by atoms with Crippen LogP contribution in [0.1, 0.15) is 22.5 Å². The first-order chi connectivity index (χ1) is 14.2. The van der Waals surface area contributed by atoms with Crippen molar-refractivity contribution < 1.29 is 0 Å². The lowest BCUT2D eigenvalue weighted by atomic mass is 10.1. The number of rotatable bonds is 3. The maximum atomic E-state index is 13.2. The molecule has 2 aromatic heterocycles. The molecule has 4 aromatic rings. The van der Waals surface area contributed by atoms with Gasteiger partial charge >= 0.3 is 0 Å². The van der Waals surface area contributed by atoms with Crippen molar-refractivity contribution in [1.29, 1.82) is 5.26 Å². The number of nitrogens with zero attached hydrogens (tertiary/aromatic N) is 4. The summed E-state index contributed by atoms with van der Waals surface area (Å²) in [5.74, 6) is 3.02. The van der Waals surface area contributed by atoms with Crippen LogP contribution in [0.25, 0.3) is 28.9 Å². The van der Waals surface area contributed by atoms with E-state index in [2.05, 4.69) is 22.0 Å². The summed E-state index contributed by atoms with van der Waals surface area (Å²) >= 11 is 0. The molecule has 4 rings (SSSR count). The van der Waals surface area contributed by atoms with Gasteiger partial charge in [0.2, 0.25) is 0 Å². The van der Waals surface area contributed by atoms with Crippen molar-refractivity contribution in [2.75, 3.05) is 0 Å². The third-order valence-corrected chi connectivity index (χ3v) is 4.41. The molecule has 5 heteroatoms. The molecule has 2 heterocycles. The van der Waals surface area contributed by atoms with Gasteiger partial charge in [-0.3, -0.25) is 9.36 Å². The fourth-order valence-electron chi connectivity index (χ4n) is 2.97. The molecule has 0 aliphatic carbocycles. The van der Waals surface area contributed by atoms with Gasteiger partial charge in [-0.1, -0.05) is 30.2 Å². The highest BCUT2D eigenvalue weighted by atomic mass is 16.1. The molecule has 0 spiro atoms. The van der Waals surface area contributed by atoms with Gasteiger partial charge in [-0.05, 0) is 54.1 Å². The number of nitriles is 1. The highest BCUT2D eigenvalue weighted by molar-refractivity contribution is 5.77. The van der Waals surface area contributed by atoms with Crippen LogP contribution >= 0.6 is 0 Å². The van der Waals surface area contributed by atoms with Crippen molar-refractivity contribution in [2.45, 2.75) is 0 Å². The summed E-state index contributed by atoms with van der Waals surface area (Å²) in [6.07, 6.45) is 10.7. The normalized spacial score (nSPS) is 10.7. The largest absolute Gasteiger partial charge is 0.268 e. The first-order valence-electron chi connectivity index (χ1n) is 8.83. The van der Waals surface area contributed by atoms with Crippen molar-refractivity contribution in [1.82, 2.24) is 14.5 Å². The first kappa shape index (κ1) is 17.9. The van der Waals surface area contributed by atoms with Crippen LogP contribution in [-0.2, 0) is 0 Å². The Morgan fingerprint density at radius 3 is 2.59 bits per heavy atom. The first-order valence-corrected chi connectivity index (χ1v) is 8.83. The van der Waals surface area contributed by atoms with Crippen LogP contribution in [0.5, 0.6) is 0 Å². The van der Waals surface area contributed by atoms with Gasteiger partial charge in [-0.2, -0.15) is 5.26 Å². The zero-order chi connectivity index (χ0) is 20.2. The zero-order valence-electron chi connectivity index (χ0n) is 15.3. The van der Waals surface area contributed by atoms with Gasteiger partial charge in [-0.15, -0.1) is 6.42 Å². The third kappa shape index (κ3) is 3.53. The molecule has 29 heavy (non-hydrogen) atoms. The van der Waals surface area contributed by atoms with E-state index < -0.39 is 0 Å². The average Bonchev–Trinajstić information content (AvgIpc) is 2.78. The number of fused-ring (bicyclic) bond motifs is 1. The zero-order valence-corrected chi connectivity index (χ0v) is 15.3. The van der Waals surface area contributed by atoms with Gasteiger partial charge in [0.05, 0.1) is 22.7 Å². The molecule has 0 aliphatic rings. The molecule has 0 amide bonds. The van der Waals surface area contributed by atoms with E-state index in [-0.39, 0.29) is 5.56 Å². The summed E-state index contributed by atoms with van der Waals surface area (Å²) in [4.78, 5) is 22.0. The molecule has 0 aliphatic heterocycles. The lowest BCUT2D eigenvalue weighted by Crippen LogP contribution is -2.22. The number of hydrogen-bond donors (Lipinski definition) is 0. The Morgan fingerprint density at radius 1 is 1.00 bits per heavy atom. The molecule has 2 aromatic carbocycles. The van der Waals surface area contributed by atoms with E-state index in [0.29, 0.717) is 33.7 Å². The van der Waals surface area contributed by atoms with Gasteiger partial charge < -0.3 is 0 Å². The Labute approximate surface area is 167 Å². The van der Waals surface area contributed by atoms with Crippen LogP contribution in [0.15, 0.2) is 71.7 Å². The maximum Gasteiger partial charge on any atom is 0.267 e. The number of benzene rings is 2. The lowest BCUT2D eigenvalue weighted by Gasteiger charge is -2.11. The summed E-state index contributed by atoms with van der Waals surface area (Å²) in [6.45, 7) is 0. The molecule has 0 atom stereocenters. The summed E-state index contributed by atoms with van der Waals surface area (Å²) < 4.78 is 1.52. The number of terminal acetylenes is 1. The minimum absolute atomic E-state index is 0.225. The van der Waals surface area contributed by atoms with Crippen LogP contribution in [0.4, 0.5) is 0 Å². The Morgan fingerprint density at radius 2 is 1.83 bits per heavy atom. The van der Waals surface area contributed by atoms with Crippen LogP contribution < -0.4 is 5.56 Å². The molecule has 0 radical (unpaired) electrons. The van der Waals surface area contributed by atoms with Crippen LogP contribution in [0.2, 0.25) is 0 Å². The van der Waals surface area contributed by atoms with Gasteiger partial charge in [-0.25, -0.2) is 9.97 Å². The number of hydrogen-bond acceptors (Lipinski definition) is 4. The Bertz CT molecular complexity index is 1380. The van der Waals surface area contributed by atoms with Crippen molar-refractivity contribution in [2.24, 2.45) is 0 Å². The predicted octanol–water partition coefficient (Wildman–Crippen LogP) is 3.80. The topological polar surface area (TPSA) is 71.6 Å². The van der Waals surface area contributed by atoms with Crippen molar-refractivity contribution >= 4 is 23.2 Å². The van der Waals surface area contributed by atoms with E-state index in [1.807, 2.05) is 24.3 Å². The Kier molecular flexibility index (Phi) is 4.72. The molecule has 0 bridgehead atoms. The minimum atomic E-state index is -0.225. The average molecular weight is 374 g/mol. The standard InChI is InChI=1S/C24H14N4O/c1-2-17-5-3-6-20(15-17)28-22(13-12-18-8-10-19(16-25)11-9-18)27-23-21(24(28)29)7-4-14-26-23/h1,3-15H/b13-12+. The molecule has 136 valence electrons. The molecule has 0 unspecified atom stereocenters. The second-order valence-electron chi connectivity index (χ2n) is 6.25. The quantitative estimate of drug-likeness (QED) is 0.511. The van der Waals surface area contributed by atoms with Crippen molar-refractivity contribution in [3.05, 3.63) is 99.7 Å². The number of aromatic nitrogens is 3. The molecule has 0 fully saturated rings. The molecule has 5 nitrogen and oxygen atoms in total. The highest BCUT2D eigenvalue weighted by Crippen LogP contribution is 2.16. The SMILES string of the molecule is C#Cc1cccc(-n2c(/C=C/c3ccc(C#N)cc3)nc3ncccc3c2=O)c1. The van der Waals surface area contributed by atoms with Crippen LogP contribution in [0, 0.1) is 23.7 Å². The van der Waals surface area contributed by atoms with Gasteiger partial charge in [0.15, 0.2) is 5.65 Å². The summed E-state index contributed by atoms with van der Waals surface area (Å²) in [5.41, 5.74) is 2.91. The number of pyridine rings is 1. The monoisotopic (exact) mass is 374 g/mol. The smallest absolute Gasteiger partial charge is 0.267 e. The van der Waals surface area contributed by atoms with Gasteiger partial charge in [0, 0.05) is 11.8 Å². The van der Waals surface area contributed by atoms with E-state index in [9.17, 15) is 4.79 Å². The summed E-state index contributed by atoms with van der Waals surface area (Å²) in [7, 11) is 0. The fourth-order valence-corrected chi connectivity index (χ4v) is 2.97. The highest BCUT2D eigenvalue weighted by Gasteiger charge is 2.12. The van der Waals surface area contributed by atoms with E-state index in [1.165, 1.54) is 4.57 Å². The predicted molar refractivity (Wildman–Crippen MR) is 113 cm³/mol. The van der Waals surface area contributed by atoms with E-state index in [0.717, 1.165) is 5.56 Å². The molecular weight excluding hydrogens is 360 g/mol. The Balaban J connectivity index is 1.91. The van der Waals surface area contributed by atoms with Crippen LogP contribution in [0.3, 0.4) is 0 Å².